The average Bonchev–Trinajstić information content (AvgIpc) is 2.37. The molecule has 2 nitrogen and oxygen atoms in total. The summed E-state index contributed by atoms with van der Waals surface area (Å²) in [6.07, 6.45) is 0. The SMILES string of the molecule is CCOc1cc(CBr)cc(Br)c1OCCSCC. The predicted octanol–water partition coefficient (Wildman–Crippen LogP) is 4.87. The second-order valence-corrected chi connectivity index (χ2v) is 6.33. The molecule has 5 heteroatoms. The van der Waals surface area contributed by atoms with E-state index in [0.29, 0.717) is 13.2 Å². The second kappa shape index (κ2) is 9.10. The monoisotopic (exact) mass is 396 g/mol. The van der Waals surface area contributed by atoms with Gasteiger partial charge in [0.15, 0.2) is 11.5 Å². The summed E-state index contributed by atoms with van der Waals surface area (Å²) in [5, 5.41) is 0.803. The van der Waals surface area contributed by atoms with Gasteiger partial charge in [-0.15, -0.1) is 0 Å². The van der Waals surface area contributed by atoms with Crippen molar-refractivity contribution in [3.8, 4) is 11.5 Å². The fraction of sp³-hybridized carbons (Fsp3) is 0.538. The molecule has 0 atom stereocenters. The van der Waals surface area contributed by atoms with E-state index < -0.39 is 0 Å². The van der Waals surface area contributed by atoms with Gasteiger partial charge in [-0.25, -0.2) is 0 Å². The zero-order valence-electron chi connectivity index (χ0n) is 10.7. The van der Waals surface area contributed by atoms with Crippen LogP contribution in [0.3, 0.4) is 0 Å². The number of hydrogen-bond acceptors (Lipinski definition) is 3. The molecule has 0 amide bonds. The lowest BCUT2D eigenvalue weighted by Gasteiger charge is -2.14. The maximum Gasteiger partial charge on any atom is 0.175 e. The van der Waals surface area contributed by atoms with Crippen LogP contribution in [0.15, 0.2) is 16.6 Å². The molecular weight excluding hydrogens is 380 g/mol. The Morgan fingerprint density at radius 2 is 2.00 bits per heavy atom. The van der Waals surface area contributed by atoms with Gasteiger partial charge in [0.1, 0.15) is 0 Å². The maximum atomic E-state index is 5.81. The fourth-order valence-corrected chi connectivity index (χ4v) is 2.87. The molecule has 0 aliphatic heterocycles. The third-order valence-corrected chi connectivity index (χ3v) is 4.30. The summed E-state index contributed by atoms with van der Waals surface area (Å²) >= 11 is 8.87. The first-order chi connectivity index (χ1) is 8.72. The minimum absolute atomic E-state index is 0.637. The summed E-state index contributed by atoms with van der Waals surface area (Å²) in [6.45, 7) is 5.46. The van der Waals surface area contributed by atoms with Crippen LogP contribution in [0, 0.1) is 0 Å². The number of benzene rings is 1. The van der Waals surface area contributed by atoms with Gasteiger partial charge in [-0.2, -0.15) is 11.8 Å². The van der Waals surface area contributed by atoms with E-state index in [4.69, 9.17) is 9.47 Å². The van der Waals surface area contributed by atoms with Crippen molar-refractivity contribution in [2.24, 2.45) is 0 Å². The van der Waals surface area contributed by atoms with Gasteiger partial charge in [0.2, 0.25) is 0 Å². The zero-order valence-corrected chi connectivity index (χ0v) is 14.7. The van der Waals surface area contributed by atoms with Crippen LogP contribution in [-0.2, 0) is 5.33 Å². The maximum absolute atomic E-state index is 5.81. The smallest absolute Gasteiger partial charge is 0.175 e. The van der Waals surface area contributed by atoms with Gasteiger partial charge in [-0.3, -0.25) is 0 Å². The van der Waals surface area contributed by atoms with Crippen LogP contribution in [0.4, 0.5) is 0 Å². The molecular formula is C13H18Br2O2S. The second-order valence-electron chi connectivity index (χ2n) is 3.52. The number of halogens is 2. The molecule has 0 unspecified atom stereocenters. The number of ether oxygens (including phenoxy) is 2. The molecule has 0 bridgehead atoms. The molecule has 0 spiro atoms. The van der Waals surface area contributed by atoms with Crippen LogP contribution in [-0.4, -0.2) is 24.7 Å². The molecule has 0 saturated carbocycles. The van der Waals surface area contributed by atoms with Crippen molar-refractivity contribution >= 4 is 43.6 Å². The topological polar surface area (TPSA) is 18.5 Å². The highest BCUT2D eigenvalue weighted by Gasteiger charge is 2.11. The lowest BCUT2D eigenvalue weighted by atomic mass is 10.2. The highest BCUT2D eigenvalue weighted by Crippen LogP contribution is 2.37. The minimum Gasteiger partial charge on any atom is -0.490 e. The number of hydrogen-bond donors (Lipinski definition) is 0. The molecule has 102 valence electrons. The Labute approximate surface area is 130 Å². The first-order valence-electron chi connectivity index (χ1n) is 5.94. The molecule has 1 rings (SSSR count). The van der Waals surface area contributed by atoms with Crippen molar-refractivity contribution in [2.75, 3.05) is 24.7 Å². The molecule has 1 aromatic rings. The summed E-state index contributed by atoms with van der Waals surface area (Å²) in [4.78, 5) is 0. The van der Waals surface area contributed by atoms with Gasteiger partial charge in [0.25, 0.3) is 0 Å². The van der Waals surface area contributed by atoms with E-state index in [1.54, 1.807) is 0 Å². The van der Waals surface area contributed by atoms with Gasteiger partial charge in [-0.05, 0) is 46.3 Å². The standard InChI is InChI=1S/C13H18Br2O2S/c1-3-16-12-8-10(9-14)7-11(15)13(12)17-5-6-18-4-2/h7-8H,3-6,9H2,1-2H3. The molecule has 0 fully saturated rings. The van der Waals surface area contributed by atoms with Gasteiger partial charge >= 0.3 is 0 Å². The molecule has 0 radical (unpaired) electrons. The molecule has 18 heavy (non-hydrogen) atoms. The van der Waals surface area contributed by atoms with E-state index in [1.165, 1.54) is 5.56 Å². The zero-order chi connectivity index (χ0) is 13.4. The average molecular weight is 398 g/mol. The van der Waals surface area contributed by atoms with Crippen molar-refractivity contribution in [2.45, 2.75) is 19.2 Å². The number of alkyl halides is 1. The van der Waals surface area contributed by atoms with Crippen LogP contribution in [0.1, 0.15) is 19.4 Å². The molecule has 0 aliphatic carbocycles. The Morgan fingerprint density at radius 3 is 2.61 bits per heavy atom. The lowest BCUT2D eigenvalue weighted by Crippen LogP contribution is -2.04. The molecule has 0 aliphatic rings. The fourth-order valence-electron chi connectivity index (χ4n) is 1.45. The van der Waals surface area contributed by atoms with Crippen LogP contribution < -0.4 is 9.47 Å². The molecule has 0 N–H and O–H groups in total. The molecule has 0 saturated heterocycles. The summed E-state index contributed by atoms with van der Waals surface area (Å²) in [5.41, 5.74) is 1.17. The summed E-state index contributed by atoms with van der Waals surface area (Å²) in [6, 6.07) is 4.07. The first kappa shape index (κ1) is 16.2. The number of thioether (sulfide) groups is 1. The highest BCUT2D eigenvalue weighted by molar-refractivity contribution is 9.10. The van der Waals surface area contributed by atoms with Crippen LogP contribution >= 0.6 is 43.6 Å². The molecule has 0 heterocycles. The Morgan fingerprint density at radius 1 is 1.22 bits per heavy atom. The van der Waals surface area contributed by atoms with E-state index in [1.807, 2.05) is 24.8 Å². The van der Waals surface area contributed by atoms with Crippen molar-refractivity contribution in [3.05, 3.63) is 22.2 Å². The van der Waals surface area contributed by atoms with Crippen LogP contribution in [0.25, 0.3) is 0 Å². The Kier molecular flexibility index (Phi) is 8.18. The predicted molar refractivity (Wildman–Crippen MR) is 86.4 cm³/mol. The quantitative estimate of drug-likeness (QED) is 0.460. The summed E-state index contributed by atoms with van der Waals surface area (Å²) in [5.74, 6) is 3.72. The largest absolute Gasteiger partial charge is 0.490 e. The molecule has 0 aromatic heterocycles. The van der Waals surface area contributed by atoms with E-state index >= 15 is 0 Å². The van der Waals surface area contributed by atoms with Crippen molar-refractivity contribution in [3.63, 3.8) is 0 Å². The third kappa shape index (κ3) is 5.02. The Hall–Kier alpha value is 0.130. The summed E-state index contributed by atoms with van der Waals surface area (Å²) < 4.78 is 12.4. The van der Waals surface area contributed by atoms with Gasteiger partial charge < -0.3 is 9.47 Å². The van der Waals surface area contributed by atoms with Gasteiger partial charge in [-0.1, -0.05) is 22.9 Å². The highest BCUT2D eigenvalue weighted by atomic mass is 79.9. The van der Waals surface area contributed by atoms with E-state index in [9.17, 15) is 0 Å². The molecule has 1 aromatic carbocycles. The summed E-state index contributed by atoms with van der Waals surface area (Å²) in [7, 11) is 0. The Balaban J connectivity index is 2.79. The van der Waals surface area contributed by atoms with Crippen molar-refractivity contribution in [1.82, 2.24) is 0 Å². The van der Waals surface area contributed by atoms with E-state index in [-0.39, 0.29) is 0 Å². The lowest BCUT2D eigenvalue weighted by molar-refractivity contribution is 0.287. The minimum atomic E-state index is 0.637. The van der Waals surface area contributed by atoms with Gasteiger partial charge in [0.05, 0.1) is 17.7 Å². The van der Waals surface area contributed by atoms with Crippen molar-refractivity contribution < 1.29 is 9.47 Å². The normalized spacial score (nSPS) is 10.4. The van der Waals surface area contributed by atoms with Gasteiger partial charge in [0, 0.05) is 11.1 Å². The van der Waals surface area contributed by atoms with E-state index in [0.717, 1.165) is 32.8 Å². The van der Waals surface area contributed by atoms with E-state index in [2.05, 4.69) is 44.8 Å². The first-order valence-corrected chi connectivity index (χ1v) is 9.01. The third-order valence-electron chi connectivity index (χ3n) is 2.20. The number of rotatable bonds is 8. The van der Waals surface area contributed by atoms with Crippen LogP contribution in [0.2, 0.25) is 0 Å². The van der Waals surface area contributed by atoms with Crippen LogP contribution in [0.5, 0.6) is 11.5 Å². The Bertz CT molecular complexity index is 372. The van der Waals surface area contributed by atoms with Crippen molar-refractivity contribution in [1.29, 1.82) is 0 Å².